The molecule has 0 saturated heterocycles. The monoisotopic (exact) mass is 229 g/mol. The van der Waals surface area contributed by atoms with Crippen LogP contribution in [-0.4, -0.2) is 15.0 Å². The maximum absolute atomic E-state index is 11.6. The lowest BCUT2D eigenvalue weighted by atomic mass is 10.1. The zero-order chi connectivity index (χ0) is 12.3. The number of aromatic nitrogens is 3. The first-order chi connectivity index (χ1) is 8.16. The van der Waals surface area contributed by atoms with Crippen LogP contribution in [0.1, 0.15) is 19.5 Å². The van der Waals surface area contributed by atoms with Crippen molar-refractivity contribution in [1.82, 2.24) is 15.0 Å². The van der Waals surface area contributed by atoms with Crippen LogP contribution >= 0.6 is 0 Å². The summed E-state index contributed by atoms with van der Waals surface area (Å²) in [5.41, 5.74) is 2.15. The van der Waals surface area contributed by atoms with Gasteiger partial charge in [0.25, 0.3) is 5.56 Å². The highest BCUT2D eigenvalue weighted by Crippen LogP contribution is 2.13. The lowest BCUT2D eigenvalue weighted by Gasteiger charge is -2.05. The molecule has 2 rings (SSSR count). The molecular formula is C13H15N3O. The van der Waals surface area contributed by atoms with Gasteiger partial charge in [0.2, 0.25) is 0 Å². The molecule has 0 aliphatic rings. The molecule has 2 heterocycles. The van der Waals surface area contributed by atoms with Gasteiger partial charge in [0.1, 0.15) is 5.69 Å². The van der Waals surface area contributed by atoms with Crippen LogP contribution in [0, 0.1) is 5.92 Å². The van der Waals surface area contributed by atoms with Gasteiger partial charge in [-0.2, -0.15) is 0 Å². The number of hydrogen-bond acceptors (Lipinski definition) is 3. The van der Waals surface area contributed by atoms with Crippen molar-refractivity contribution in [3.63, 3.8) is 0 Å². The highest BCUT2D eigenvalue weighted by Gasteiger charge is 2.07. The molecule has 4 heteroatoms. The summed E-state index contributed by atoms with van der Waals surface area (Å²) < 4.78 is 0. The first-order valence-electron chi connectivity index (χ1n) is 5.66. The SMILES string of the molecule is CC(C)Cc1nc(-c2cccnc2)c[nH]c1=O. The predicted molar refractivity (Wildman–Crippen MR) is 66.6 cm³/mol. The Kier molecular flexibility index (Phi) is 3.32. The molecule has 2 aromatic rings. The molecule has 0 fully saturated rings. The van der Waals surface area contributed by atoms with Crippen LogP contribution in [0.25, 0.3) is 11.3 Å². The minimum absolute atomic E-state index is 0.105. The first kappa shape index (κ1) is 11.5. The number of aromatic amines is 1. The molecule has 0 atom stereocenters. The summed E-state index contributed by atoms with van der Waals surface area (Å²) in [6, 6.07) is 3.77. The summed E-state index contributed by atoms with van der Waals surface area (Å²) in [6.07, 6.45) is 5.76. The smallest absolute Gasteiger partial charge is 0.269 e. The van der Waals surface area contributed by atoms with E-state index in [0.29, 0.717) is 18.0 Å². The summed E-state index contributed by atoms with van der Waals surface area (Å²) in [7, 11) is 0. The Labute approximate surface area is 99.8 Å². The van der Waals surface area contributed by atoms with Gasteiger partial charge >= 0.3 is 0 Å². The van der Waals surface area contributed by atoms with Gasteiger partial charge in [-0.1, -0.05) is 13.8 Å². The summed E-state index contributed by atoms with van der Waals surface area (Å²) in [5.74, 6) is 0.410. The highest BCUT2D eigenvalue weighted by molar-refractivity contribution is 5.56. The van der Waals surface area contributed by atoms with Crippen LogP contribution in [0.2, 0.25) is 0 Å². The molecule has 0 unspecified atom stereocenters. The molecule has 4 nitrogen and oxygen atoms in total. The largest absolute Gasteiger partial charge is 0.325 e. The summed E-state index contributed by atoms with van der Waals surface area (Å²) in [6.45, 7) is 4.13. The zero-order valence-corrected chi connectivity index (χ0v) is 9.97. The fourth-order valence-corrected chi connectivity index (χ4v) is 1.63. The van der Waals surface area contributed by atoms with Gasteiger partial charge in [-0.05, 0) is 24.5 Å². The normalized spacial score (nSPS) is 10.8. The molecular weight excluding hydrogens is 214 g/mol. The van der Waals surface area contributed by atoms with Crippen LogP contribution in [0.4, 0.5) is 0 Å². The minimum Gasteiger partial charge on any atom is -0.325 e. The molecule has 17 heavy (non-hydrogen) atoms. The van der Waals surface area contributed by atoms with Crippen molar-refractivity contribution in [3.05, 3.63) is 46.8 Å². The lowest BCUT2D eigenvalue weighted by Crippen LogP contribution is -2.17. The summed E-state index contributed by atoms with van der Waals surface area (Å²) in [4.78, 5) is 22.8. The van der Waals surface area contributed by atoms with E-state index in [-0.39, 0.29) is 5.56 Å². The van der Waals surface area contributed by atoms with Crippen molar-refractivity contribution in [3.8, 4) is 11.3 Å². The standard InChI is InChI=1S/C13H15N3O/c1-9(2)6-11-13(17)15-8-12(16-11)10-4-3-5-14-7-10/h3-5,7-9H,6H2,1-2H3,(H,15,17). The van der Waals surface area contributed by atoms with E-state index in [4.69, 9.17) is 0 Å². The molecule has 1 N–H and O–H groups in total. The third-order valence-corrected chi connectivity index (χ3v) is 2.42. The van der Waals surface area contributed by atoms with Crippen molar-refractivity contribution in [1.29, 1.82) is 0 Å². The predicted octanol–water partition coefficient (Wildman–Crippen LogP) is 2.03. The number of hydrogen-bond donors (Lipinski definition) is 1. The molecule has 0 aliphatic heterocycles. The molecule has 0 bridgehead atoms. The van der Waals surface area contributed by atoms with E-state index in [0.717, 1.165) is 11.3 Å². The molecule has 0 aliphatic carbocycles. The first-order valence-corrected chi connectivity index (χ1v) is 5.66. The van der Waals surface area contributed by atoms with E-state index in [1.165, 1.54) is 0 Å². The number of rotatable bonds is 3. The Hall–Kier alpha value is -1.97. The molecule has 0 aromatic carbocycles. The van der Waals surface area contributed by atoms with Crippen molar-refractivity contribution in [2.75, 3.05) is 0 Å². The third kappa shape index (κ3) is 2.78. The molecule has 0 spiro atoms. The second kappa shape index (κ2) is 4.91. The minimum atomic E-state index is -0.105. The average Bonchev–Trinajstić information content (AvgIpc) is 2.32. The van der Waals surface area contributed by atoms with Crippen LogP contribution in [-0.2, 0) is 6.42 Å². The van der Waals surface area contributed by atoms with Crippen LogP contribution in [0.5, 0.6) is 0 Å². The van der Waals surface area contributed by atoms with E-state index in [2.05, 4.69) is 28.8 Å². The summed E-state index contributed by atoms with van der Waals surface area (Å²) >= 11 is 0. The molecule has 2 aromatic heterocycles. The number of nitrogens with one attached hydrogen (secondary N) is 1. The summed E-state index contributed by atoms with van der Waals surface area (Å²) in [5, 5.41) is 0. The molecule has 88 valence electrons. The van der Waals surface area contributed by atoms with Crippen molar-refractivity contribution < 1.29 is 0 Å². The second-order valence-corrected chi connectivity index (χ2v) is 4.40. The maximum Gasteiger partial charge on any atom is 0.269 e. The van der Waals surface area contributed by atoms with E-state index < -0.39 is 0 Å². The van der Waals surface area contributed by atoms with Gasteiger partial charge in [-0.3, -0.25) is 9.78 Å². The van der Waals surface area contributed by atoms with E-state index in [9.17, 15) is 4.79 Å². The van der Waals surface area contributed by atoms with Gasteiger partial charge in [-0.25, -0.2) is 4.98 Å². The molecule has 0 saturated carbocycles. The topological polar surface area (TPSA) is 58.6 Å². The Morgan fingerprint density at radius 1 is 1.41 bits per heavy atom. The van der Waals surface area contributed by atoms with Gasteiger partial charge in [-0.15, -0.1) is 0 Å². The van der Waals surface area contributed by atoms with Crippen LogP contribution in [0.15, 0.2) is 35.5 Å². The number of nitrogens with zero attached hydrogens (tertiary/aromatic N) is 2. The maximum atomic E-state index is 11.6. The number of pyridine rings is 1. The Morgan fingerprint density at radius 3 is 2.88 bits per heavy atom. The quantitative estimate of drug-likeness (QED) is 0.876. The number of H-pyrrole nitrogens is 1. The Bertz CT molecular complexity index is 546. The second-order valence-electron chi connectivity index (χ2n) is 4.40. The lowest BCUT2D eigenvalue weighted by molar-refractivity contribution is 0.629. The van der Waals surface area contributed by atoms with E-state index in [1.807, 2.05) is 12.1 Å². The average molecular weight is 229 g/mol. The fraction of sp³-hybridized carbons (Fsp3) is 0.308. The van der Waals surface area contributed by atoms with E-state index in [1.54, 1.807) is 18.6 Å². The van der Waals surface area contributed by atoms with Crippen LogP contribution < -0.4 is 5.56 Å². The molecule has 0 radical (unpaired) electrons. The van der Waals surface area contributed by atoms with Crippen molar-refractivity contribution in [2.45, 2.75) is 20.3 Å². The Balaban J connectivity index is 2.41. The van der Waals surface area contributed by atoms with Gasteiger partial charge < -0.3 is 4.98 Å². The van der Waals surface area contributed by atoms with E-state index >= 15 is 0 Å². The van der Waals surface area contributed by atoms with Gasteiger partial charge in [0, 0.05) is 24.2 Å². The molecule has 0 amide bonds. The van der Waals surface area contributed by atoms with Gasteiger partial charge in [0.15, 0.2) is 0 Å². The zero-order valence-electron chi connectivity index (χ0n) is 9.97. The Morgan fingerprint density at radius 2 is 2.24 bits per heavy atom. The van der Waals surface area contributed by atoms with Gasteiger partial charge in [0.05, 0.1) is 5.69 Å². The fourth-order valence-electron chi connectivity index (χ4n) is 1.63. The third-order valence-electron chi connectivity index (χ3n) is 2.42. The van der Waals surface area contributed by atoms with Crippen molar-refractivity contribution >= 4 is 0 Å². The van der Waals surface area contributed by atoms with Crippen LogP contribution in [0.3, 0.4) is 0 Å². The highest BCUT2D eigenvalue weighted by atomic mass is 16.1. The van der Waals surface area contributed by atoms with Crippen molar-refractivity contribution in [2.24, 2.45) is 5.92 Å².